The fourth-order valence-electron chi connectivity index (χ4n) is 3.65. The lowest BCUT2D eigenvalue weighted by Crippen LogP contribution is -2.50. The number of nitriles is 2. The summed E-state index contributed by atoms with van der Waals surface area (Å²) in [6, 6.07) is 10.4. The van der Waals surface area contributed by atoms with E-state index in [4.69, 9.17) is 9.73 Å². The van der Waals surface area contributed by atoms with E-state index in [0.717, 1.165) is 24.2 Å². The molecule has 1 aromatic carbocycles. The lowest BCUT2D eigenvalue weighted by Gasteiger charge is -2.35. The summed E-state index contributed by atoms with van der Waals surface area (Å²) in [6.45, 7) is 3.35. The normalized spacial score (nSPS) is 22.8. The van der Waals surface area contributed by atoms with Crippen LogP contribution in [0.5, 0.6) is 0 Å². The van der Waals surface area contributed by atoms with Gasteiger partial charge in [0.05, 0.1) is 31.1 Å². The van der Waals surface area contributed by atoms with Gasteiger partial charge in [-0.05, 0) is 35.8 Å². The summed E-state index contributed by atoms with van der Waals surface area (Å²) in [5.41, 5.74) is 1.52. The summed E-state index contributed by atoms with van der Waals surface area (Å²) >= 11 is 0. The van der Waals surface area contributed by atoms with Gasteiger partial charge in [0.1, 0.15) is 11.4 Å². The maximum absolute atomic E-state index is 13.2. The molecule has 0 radical (unpaired) electrons. The molecule has 2 aliphatic heterocycles. The van der Waals surface area contributed by atoms with Crippen LogP contribution in [0.25, 0.3) is 0 Å². The molecule has 1 unspecified atom stereocenters. The van der Waals surface area contributed by atoms with Crippen LogP contribution in [0.2, 0.25) is 0 Å². The van der Waals surface area contributed by atoms with E-state index in [2.05, 4.69) is 9.89 Å². The van der Waals surface area contributed by atoms with Crippen molar-refractivity contribution in [2.45, 2.75) is 12.0 Å². The summed E-state index contributed by atoms with van der Waals surface area (Å²) < 4.78 is 18.6. The van der Waals surface area contributed by atoms with Gasteiger partial charge in [-0.1, -0.05) is 12.1 Å². The number of hydrogen-bond donors (Lipinski definition) is 0. The molecule has 0 saturated carbocycles. The zero-order valence-corrected chi connectivity index (χ0v) is 15.8. The summed E-state index contributed by atoms with van der Waals surface area (Å²) in [5, 5.41) is 18.9. The van der Waals surface area contributed by atoms with E-state index in [-0.39, 0.29) is 5.82 Å². The molecule has 2 aliphatic rings. The molecule has 2 heterocycles. The Hall–Kier alpha value is -2.87. The van der Waals surface area contributed by atoms with Crippen molar-refractivity contribution in [1.29, 1.82) is 10.5 Å². The Balaban J connectivity index is 1.91. The average molecular weight is 379 g/mol. The number of allylic oxidation sites excluding steroid dienone is 1. The Bertz CT molecular complexity index is 858. The van der Waals surface area contributed by atoms with Crippen molar-refractivity contribution in [3.8, 4) is 12.1 Å². The van der Waals surface area contributed by atoms with Gasteiger partial charge in [-0.15, -0.1) is 0 Å². The first-order chi connectivity index (χ1) is 13.6. The quantitative estimate of drug-likeness (QED) is 0.709. The summed E-state index contributed by atoms with van der Waals surface area (Å²) in [7, 11) is 1.60. The highest BCUT2D eigenvalue weighted by atomic mass is 19.1. The predicted molar refractivity (Wildman–Crippen MR) is 105 cm³/mol. The molecule has 1 atom stereocenters. The number of ether oxygens (including phenoxy) is 1. The highest BCUT2D eigenvalue weighted by Crippen LogP contribution is 2.29. The Morgan fingerprint density at radius 3 is 2.57 bits per heavy atom. The molecule has 7 heteroatoms. The van der Waals surface area contributed by atoms with Crippen molar-refractivity contribution in [3.05, 3.63) is 47.3 Å². The molecule has 0 aliphatic carbocycles. The molecule has 6 nitrogen and oxygen atoms in total. The van der Waals surface area contributed by atoms with Gasteiger partial charge in [0.15, 0.2) is 5.92 Å². The van der Waals surface area contributed by atoms with E-state index in [1.165, 1.54) is 12.1 Å². The van der Waals surface area contributed by atoms with Crippen LogP contribution in [0.4, 0.5) is 4.39 Å². The molecule has 1 saturated heterocycles. The van der Waals surface area contributed by atoms with E-state index in [9.17, 15) is 14.9 Å². The molecule has 28 heavy (non-hydrogen) atoms. The van der Waals surface area contributed by atoms with Gasteiger partial charge in [0.2, 0.25) is 0 Å². The number of halogens is 1. The zero-order chi connectivity index (χ0) is 20.0. The van der Waals surface area contributed by atoms with E-state index in [1.807, 2.05) is 18.2 Å². The lowest BCUT2D eigenvalue weighted by atomic mass is 9.84. The van der Waals surface area contributed by atoms with Crippen molar-refractivity contribution in [1.82, 2.24) is 4.90 Å². The number of hydrogen-bond acceptors (Lipinski definition) is 6. The van der Waals surface area contributed by atoms with E-state index < -0.39 is 11.5 Å². The zero-order valence-electron chi connectivity index (χ0n) is 15.8. The number of rotatable bonds is 6. The van der Waals surface area contributed by atoms with Gasteiger partial charge in [0.25, 0.3) is 0 Å². The third kappa shape index (κ3) is 4.33. The molecule has 144 valence electrons. The van der Waals surface area contributed by atoms with Gasteiger partial charge in [0, 0.05) is 32.9 Å². The maximum atomic E-state index is 13.2. The molecule has 0 spiro atoms. The second kappa shape index (κ2) is 8.88. The van der Waals surface area contributed by atoms with E-state index in [1.54, 1.807) is 25.4 Å². The number of nitrogens with zero attached hydrogens (tertiary/aromatic N) is 5. The molecule has 3 rings (SSSR count). The van der Waals surface area contributed by atoms with Crippen molar-refractivity contribution in [2.24, 2.45) is 15.9 Å². The summed E-state index contributed by atoms with van der Waals surface area (Å²) in [5.74, 6) is -1.24. The van der Waals surface area contributed by atoms with Gasteiger partial charge in [-0.2, -0.15) is 10.5 Å². The van der Waals surface area contributed by atoms with Crippen LogP contribution >= 0.6 is 0 Å². The smallest absolute Gasteiger partial charge is 0.173 e. The van der Waals surface area contributed by atoms with Gasteiger partial charge >= 0.3 is 0 Å². The predicted octanol–water partition coefficient (Wildman–Crippen LogP) is 2.18. The summed E-state index contributed by atoms with van der Waals surface area (Å²) in [4.78, 5) is 11.3. The average Bonchev–Trinajstić information content (AvgIpc) is 3.11. The first kappa shape index (κ1) is 19.9. The third-order valence-electron chi connectivity index (χ3n) is 4.99. The monoisotopic (exact) mass is 379 g/mol. The van der Waals surface area contributed by atoms with Gasteiger partial charge in [-0.3, -0.25) is 14.9 Å². The highest BCUT2D eigenvalue weighted by molar-refractivity contribution is 6.05. The van der Waals surface area contributed by atoms with Crippen LogP contribution in [0.15, 0.2) is 45.9 Å². The van der Waals surface area contributed by atoms with Crippen molar-refractivity contribution in [2.75, 3.05) is 39.9 Å². The fourth-order valence-corrected chi connectivity index (χ4v) is 3.65. The van der Waals surface area contributed by atoms with Crippen LogP contribution in [-0.4, -0.2) is 62.3 Å². The molecular weight excluding hydrogens is 357 g/mol. The topological polar surface area (TPSA) is 84.8 Å². The lowest BCUT2D eigenvalue weighted by molar-refractivity contribution is 0.0347. The fraction of sp³-hybridized carbons (Fsp3) is 0.429. The number of aliphatic imine (C=N–C) groups is 2. The number of morpholine rings is 1. The van der Waals surface area contributed by atoms with Crippen molar-refractivity contribution < 1.29 is 9.13 Å². The van der Waals surface area contributed by atoms with Gasteiger partial charge in [-0.25, -0.2) is 4.39 Å². The Kier molecular flexibility index (Phi) is 6.30. The van der Waals surface area contributed by atoms with Crippen LogP contribution in [0.3, 0.4) is 0 Å². The standard InChI is InChI=1S/C21H22FN5O/c1-25-20(18(12-23)13-24)21(15-27-6-8-28-9-7-27)11-17(14-26-21)10-16-2-4-19(22)5-3-16/h2-5,11,14,18H,6-10,15H2,1H3. The first-order valence-corrected chi connectivity index (χ1v) is 9.18. The Labute approximate surface area is 164 Å². The number of benzene rings is 1. The van der Waals surface area contributed by atoms with Crippen LogP contribution < -0.4 is 0 Å². The van der Waals surface area contributed by atoms with Crippen LogP contribution in [0, 0.1) is 34.4 Å². The molecular formula is C21H22FN5O. The molecule has 1 fully saturated rings. The second-order valence-electron chi connectivity index (χ2n) is 6.89. The second-order valence-corrected chi connectivity index (χ2v) is 6.89. The summed E-state index contributed by atoms with van der Waals surface area (Å²) in [6.07, 6.45) is 4.37. The molecule has 0 N–H and O–H groups in total. The van der Waals surface area contributed by atoms with Gasteiger partial charge < -0.3 is 4.74 Å². The van der Waals surface area contributed by atoms with Crippen LogP contribution in [-0.2, 0) is 11.2 Å². The molecule has 0 aromatic heterocycles. The first-order valence-electron chi connectivity index (χ1n) is 9.18. The minimum atomic E-state index is -0.968. The molecule has 0 bridgehead atoms. The largest absolute Gasteiger partial charge is 0.379 e. The molecule has 1 aromatic rings. The molecule has 0 amide bonds. The van der Waals surface area contributed by atoms with E-state index in [0.29, 0.717) is 31.9 Å². The Morgan fingerprint density at radius 1 is 1.29 bits per heavy atom. The third-order valence-corrected chi connectivity index (χ3v) is 4.99. The van der Waals surface area contributed by atoms with Crippen molar-refractivity contribution in [3.63, 3.8) is 0 Å². The van der Waals surface area contributed by atoms with E-state index >= 15 is 0 Å². The highest BCUT2D eigenvalue weighted by Gasteiger charge is 2.41. The minimum absolute atomic E-state index is 0.272. The van der Waals surface area contributed by atoms with Crippen LogP contribution in [0.1, 0.15) is 5.56 Å². The Morgan fingerprint density at radius 2 is 1.96 bits per heavy atom. The van der Waals surface area contributed by atoms with Crippen molar-refractivity contribution >= 4 is 11.9 Å². The minimum Gasteiger partial charge on any atom is -0.379 e. The SMILES string of the molecule is CN=C(C(C#N)C#N)C1(CN2CCOCC2)C=C(Cc2ccc(F)cc2)C=N1. The maximum Gasteiger partial charge on any atom is 0.173 e.